The van der Waals surface area contributed by atoms with Crippen molar-refractivity contribution in [2.45, 2.75) is 94.6 Å². The minimum Gasteiger partial charge on any atom is -0.850 e. The Morgan fingerprint density at radius 1 is 0.800 bits per heavy atom. The molecular weight excluding hydrogens is 611 g/mol. The monoisotopic (exact) mass is 660 g/mol. The molecule has 0 aliphatic carbocycles. The summed E-state index contributed by atoms with van der Waals surface area (Å²) < 4.78 is 13.9. The van der Waals surface area contributed by atoms with E-state index in [4.69, 9.17) is 9.84 Å². The molecular formula is C31H49KN4O9. The quantitative estimate of drug-likeness (QED) is 0.106. The minimum atomic E-state index is -0.954. The van der Waals surface area contributed by atoms with Crippen molar-refractivity contribution in [3.63, 3.8) is 0 Å². The number of carboxylic acids is 1. The Bertz CT molecular complexity index is 1240. The summed E-state index contributed by atoms with van der Waals surface area (Å²) in [5, 5.41) is 18.9. The molecule has 0 aromatic carbocycles. The number of ketones is 1. The van der Waals surface area contributed by atoms with Gasteiger partial charge in [-0.3, -0.25) is 4.79 Å². The van der Waals surface area contributed by atoms with E-state index in [0.29, 0.717) is 41.2 Å². The zero-order valence-electron chi connectivity index (χ0n) is 28.3. The molecule has 14 heteroatoms. The minimum absolute atomic E-state index is 0. The van der Waals surface area contributed by atoms with Gasteiger partial charge in [-0.05, 0) is 33.6 Å². The molecule has 2 rings (SSSR count). The molecule has 0 spiro atoms. The summed E-state index contributed by atoms with van der Waals surface area (Å²) in [7, 11) is 3.99. The van der Waals surface area contributed by atoms with Gasteiger partial charge in [-0.25, -0.2) is 34.3 Å². The third-order valence-electron chi connectivity index (χ3n) is 5.15. The molecule has 0 unspecified atom stereocenters. The molecule has 1 N–H and O–H groups in total. The average molecular weight is 661 g/mol. The Labute approximate surface area is 310 Å². The van der Waals surface area contributed by atoms with Crippen LogP contribution in [-0.2, 0) is 36.6 Å². The van der Waals surface area contributed by atoms with Crippen molar-refractivity contribution in [3.05, 3.63) is 57.9 Å². The van der Waals surface area contributed by atoms with E-state index in [2.05, 4.69) is 29.4 Å². The molecule has 0 saturated heterocycles. The number of aromatic carboxylic acids is 1. The van der Waals surface area contributed by atoms with E-state index >= 15 is 0 Å². The zero-order chi connectivity index (χ0) is 33.9. The SMILES string of the molecule is C.CC(C)(C)[O-].CCC(=O)C(C(=O)OC)=C(C)OC.CCc1ncnc(C)c1C(=O)O.CCc1ncnc(C)c1C(=O)OC.[K+]. The van der Waals surface area contributed by atoms with Crippen molar-refractivity contribution < 1.29 is 95.0 Å². The number of carbonyl (C=O) groups is 4. The van der Waals surface area contributed by atoms with Crippen molar-refractivity contribution in [1.82, 2.24) is 19.9 Å². The third-order valence-corrected chi connectivity index (χ3v) is 5.15. The van der Waals surface area contributed by atoms with Crippen molar-refractivity contribution >= 4 is 23.7 Å². The Morgan fingerprint density at radius 2 is 1.20 bits per heavy atom. The molecule has 0 bridgehead atoms. The number of hydrogen-bond acceptors (Lipinski definition) is 12. The third kappa shape index (κ3) is 19.5. The van der Waals surface area contributed by atoms with Crippen LogP contribution in [0.15, 0.2) is 24.0 Å². The van der Waals surface area contributed by atoms with Crippen LogP contribution in [0.1, 0.15) is 106 Å². The number of ether oxygens (including phenoxy) is 3. The van der Waals surface area contributed by atoms with Crippen LogP contribution in [0.2, 0.25) is 0 Å². The van der Waals surface area contributed by atoms with Crippen LogP contribution in [0.5, 0.6) is 0 Å². The number of hydrogen-bond donors (Lipinski definition) is 1. The summed E-state index contributed by atoms with van der Waals surface area (Å²) in [6, 6.07) is 0. The van der Waals surface area contributed by atoms with Crippen LogP contribution >= 0.6 is 0 Å². The predicted molar refractivity (Wildman–Crippen MR) is 164 cm³/mol. The molecule has 0 radical (unpaired) electrons. The Hall–Kier alpha value is -2.62. The van der Waals surface area contributed by atoms with Crippen LogP contribution in [0, 0.1) is 13.8 Å². The molecule has 13 nitrogen and oxygen atoms in total. The first kappa shape index (κ1) is 49.3. The fourth-order valence-electron chi connectivity index (χ4n) is 3.06. The Kier molecular flexibility index (Phi) is 28.0. The number of aryl methyl sites for hydroxylation is 4. The molecule has 0 amide bonds. The molecule has 2 heterocycles. The molecule has 0 aliphatic heterocycles. The van der Waals surface area contributed by atoms with E-state index in [1.54, 1.807) is 48.5 Å². The van der Waals surface area contributed by atoms with Gasteiger partial charge in [0, 0.05) is 6.42 Å². The number of esters is 2. The van der Waals surface area contributed by atoms with Crippen LogP contribution in [0.3, 0.4) is 0 Å². The zero-order valence-corrected chi connectivity index (χ0v) is 31.4. The maximum Gasteiger partial charge on any atom is 1.00 e. The smallest absolute Gasteiger partial charge is 0.850 e. The van der Waals surface area contributed by atoms with Gasteiger partial charge in [0.2, 0.25) is 0 Å². The van der Waals surface area contributed by atoms with Gasteiger partial charge in [0.15, 0.2) is 5.78 Å². The molecule has 248 valence electrons. The average Bonchev–Trinajstić information content (AvgIpc) is 2.95. The molecule has 0 atom stereocenters. The van der Waals surface area contributed by atoms with E-state index < -0.39 is 17.5 Å². The van der Waals surface area contributed by atoms with Gasteiger partial charge in [-0.1, -0.05) is 49.0 Å². The largest absolute Gasteiger partial charge is 1.00 e. The van der Waals surface area contributed by atoms with Gasteiger partial charge < -0.3 is 24.4 Å². The van der Waals surface area contributed by atoms with E-state index in [-0.39, 0.29) is 88.1 Å². The fourth-order valence-corrected chi connectivity index (χ4v) is 3.06. The first-order valence-electron chi connectivity index (χ1n) is 13.4. The van der Waals surface area contributed by atoms with Gasteiger partial charge in [0.1, 0.15) is 35.1 Å². The standard InChI is InChI=1S/C9H12N2O2.C9H14O4.C8H10N2O2.C4H9O.CH4.K/c1-4-7-8(9(12)13-3)6(2)10-5-11-7;1-5-7(10)8(6(2)12-3)9(11)13-4;1-3-6-7(8(11)12)5(2)9-4-10-6;1-4(2,3)5;;/h5H,4H2,1-3H3;5H2,1-4H3;4H,3H2,1-2H3,(H,11,12);1-3H3;1H4;/q;;;-1;;+1. The van der Waals surface area contributed by atoms with Gasteiger partial charge in [-0.2, -0.15) is 0 Å². The first-order chi connectivity index (χ1) is 19.9. The van der Waals surface area contributed by atoms with Crippen LogP contribution in [-0.4, -0.2) is 75.7 Å². The Morgan fingerprint density at radius 3 is 1.49 bits per heavy atom. The number of allylic oxidation sites excluding steroid dienone is 1. The van der Waals surface area contributed by atoms with Crippen molar-refractivity contribution in [1.29, 1.82) is 0 Å². The number of Topliss-reactive ketones (excluding diaryl/α,β-unsaturated/α-hetero) is 1. The number of aromatic nitrogens is 4. The number of nitrogens with zero attached hydrogens (tertiary/aromatic N) is 4. The van der Waals surface area contributed by atoms with Gasteiger partial charge in [0.25, 0.3) is 0 Å². The first-order valence-corrected chi connectivity index (χ1v) is 13.4. The molecule has 0 aliphatic rings. The number of methoxy groups -OCH3 is 3. The van der Waals surface area contributed by atoms with Gasteiger partial charge >= 0.3 is 69.3 Å². The predicted octanol–water partition coefficient (Wildman–Crippen LogP) is 1.02. The molecule has 0 fully saturated rings. The number of rotatable bonds is 8. The van der Waals surface area contributed by atoms with E-state index in [1.807, 2.05) is 13.8 Å². The Balaban J connectivity index is -0.000000255. The van der Waals surface area contributed by atoms with Crippen molar-refractivity contribution in [2.24, 2.45) is 0 Å². The van der Waals surface area contributed by atoms with E-state index in [9.17, 15) is 24.3 Å². The molecule has 2 aromatic heterocycles. The number of carbonyl (C=O) groups excluding carboxylic acids is 3. The van der Waals surface area contributed by atoms with Crippen LogP contribution < -0.4 is 56.5 Å². The summed E-state index contributed by atoms with van der Waals surface area (Å²) in [5.41, 5.74) is 2.49. The maximum atomic E-state index is 11.3. The maximum absolute atomic E-state index is 11.3. The number of carboxylic acid groups (broad SMARTS) is 1. The summed E-state index contributed by atoms with van der Waals surface area (Å²) in [5.74, 6) is -1.95. The van der Waals surface area contributed by atoms with E-state index in [1.165, 1.54) is 34.0 Å². The summed E-state index contributed by atoms with van der Waals surface area (Å²) >= 11 is 0. The topological polar surface area (TPSA) is 191 Å². The van der Waals surface area contributed by atoms with Crippen molar-refractivity contribution in [3.8, 4) is 0 Å². The molecule has 45 heavy (non-hydrogen) atoms. The summed E-state index contributed by atoms with van der Waals surface area (Å²) in [6.45, 7) is 15.4. The second kappa shape index (κ2) is 25.6. The second-order valence-corrected chi connectivity index (χ2v) is 9.58. The van der Waals surface area contributed by atoms with Crippen LogP contribution in [0.4, 0.5) is 0 Å². The van der Waals surface area contributed by atoms with Gasteiger partial charge in [-0.15, -0.1) is 5.60 Å². The normalized spacial score (nSPS) is 10.2. The van der Waals surface area contributed by atoms with Crippen molar-refractivity contribution in [2.75, 3.05) is 21.3 Å². The second-order valence-electron chi connectivity index (χ2n) is 9.58. The van der Waals surface area contributed by atoms with Gasteiger partial charge in [0.05, 0.1) is 44.1 Å². The summed E-state index contributed by atoms with van der Waals surface area (Å²) in [6.07, 6.45) is 4.42. The summed E-state index contributed by atoms with van der Waals surface area (Å²) in [4.78, 5) is 60.1. The van der Waals surface area contributed by atoms with Crippen LogP contribution in [0.25, 0.3) is 0 Å². The van der Waals surface area contributed by atoms with E-state index in [0.717, 1.165) is 5.69 Å². The fraction of sp³-hybridized carbons (Fsp3) is 0.548. The molecule has 0 saturated carbocycles. The molecule has 2 aromatic rings.